The summed E-state index contributed by atoms with van der Waals surface area (Å²) < 4.78 is 0.739. The lowest BCUT2D eigenvalue weighted by Gasteiger charge is -1.95. The molecule has 4 heteroatoms. The van der Waals surface area contributed by atoms with Crippen LogP contribution in [0.3, 0.4) is 0 Å². The maximum absolute atomic E-state index is 9.71. The summed E-state index contributed by atoms with van der Waals surface area (Å²) in [6.07, 6.45) is 0. The van der Waals surface area contributed by atoms with Crippen LogP contribution in [0.25, 0.3) is 19.8 Å². The summed E-state index contributed by atoms with van der Waals surface area (Å²) >= 11 is 3.15. The van der Waals surface area contributed by atoms with Crippen LogP contribution >= 0.6 is 22.7 Å². The summed E-state index contributed by atoms with van der Waals surface area (Å²) in [6.45, 7) is 0. The van der Waals surface area contributed by atoms with Crippen LogP contribution in [-0.2, 0) is 0 Å². The average Bonchev–Trinajstić information content (AvgIpc) is 2.90. The van der Waals surface area contributed by atoms with Gasteiger partial charge >= 0.3 is 0 Å². The molecular weight excluding hydrogens is 240 g/mol. The fraction of sp³-hybridized carbons (Fsp3) is 0. The van der Waals surface area contributed by atoms with Crippen molar-refractivity contribution >= 4 is 32.8 Å². The second-order valence-corrected chi connectivity index (χ2v) is 5.43. The van der Waals surface area contributed by atoms with Crippen molar-refractivity contribution in [2.24, 2.45) is 0 Å². The Morgan fingerprint density at radius 1 is 0.938 bits per heavy atom. The van der Waals surface area contributed by atoms with E-state index >= 15 is 0 Å². The molecule has 0 spiro atoms. The van der Waals surface area contributed by atoms with E-state index in [0.29, 0.717) is 5.39 Å². The van der Waals surface area contributed by atoms with E-state index in [1.807, 2.05) is 23.6 Å². The second kappa shape index (κ2) is 3.50. The first-order valence-electron chi connectivity index (χ1n) is 4.74. The van der Waals surface area contributed by atoms with E-state index in [2.05, 4.69) is 0 Å². The minimum atomic E-state index is 0.215. The maximum Gasteiger partial charge on any atom is 0.133 e. The largest absolute Gasteiger partial charge is 0.507 e. The zero-order valence-electron chi connectivity index (χ0n) is 8.18. The number of hydrogen-bond donors (Lipinski definition) is 2. The Morgan fingerprint density at radius 3 is 2.44 bits per heavy atom. The lowest BCUT2D eigenvalue weighted by atomic mass is 10.2. The fourth-order valence-corrected chi connectivity index (χ4v) is 3.55. The van der Waals surface area contributed by atoms with Gasteiger partial charge in [-0.3, -0.25) is 0 Å². The molecule has 2 aromatic heterocycles. The molecule has 2 N–H and O–H groups in total. The van der Waals surface area contributed by atoms with E-state index in [9.17, 15) is 10.2 Å². The molecule has 0 atom stereocenters. The van der Waals surface area contributed by atoms with Gasteiger partial charge in [-0.25, -0.2) is 0 Å². The number of fused-ring (bicyclic) bond motifs is 1. The summed E-state index contributed by atoms with van der Waals surface area (Å²) in [7, 11) is 0. The lowest BCUT2D eigenvalue weighted by molar-refractivity contribution is 0.470. The highest BCUT2D eigenvalue weighted by molar-refractivity contribution is 7.26. The lowest BCUT2D eigenvalue weighted by Crippen LogP contribution is -1.67. The highest BCUT2D eigenvalue weighted by Gasteiger charge is 2.11. The summed E-state index contributed by atoms with van der Waals surface area (Å²) in [5, 5.41) is 22.1. The van der Waals surface area contributed by atoms with Crippen LogP contribution in [0, 0.1) is 0 Å². The van der Waals surface area contributed by atoms with Crippen molar-refractivity contribution in [3.8, 4) is 21.3 Å². The number of phenols is 2. The number of aromatic hydroxyl groups is 2. The van der Waals surface area contributed by atoms with Gasteiger partial charge < -0.3 is 10.2 Å². The van der Waals surface area contributed by atoms with Crippen LogP contribution < -0.4 is 0 Å². The minimum absolute atomic E-state index is 0.215. The van der Waals surface area contributed by atoms with E-state index in [-0.39, 0.29) is 11.5 Å². The molecule has 0 unspecified atom stereocenters. The van der Waals surface area contributed by atoms with Crippen molar-refractivity contribution in [3.63, 3.8) is 0 Å². The standard InChI is InChI=1S/C12H8O2S2/c13-8-3-4-9(14)12-7(8)6-11(16-12)10-2-1-5-15-10/h1-6,13-14H. The van der Waals surface area contributed by atoms with Gasteiger partial charge in [0.2, 0.25) is 0 Å². The molecule has 80 valence electrons. The molecular formula is C12H8O2S2. The van der Waals surface area contributed by atoms with Crippen molar-refractivity contribution in [2.75, 3.05) is 0 Å². The number of phenolic OH excluding ortho intramolecular Hbond substituents is 2. The molecule has 0 bridgehead atoms. The third-order valence-corrected chi connectivity index (χ3v) is 4.63. The van der Waals surface area contributed by atoms with E-state index < -0.39 is 0 Å². The summed E-state index contributed by atoms with van der Waals surface area (Å²) in [5.41, 5.74) is 0. The van der Waals surface area contributed by atoms with E-state index in [1.54, 1.807) is 11.3 Å². The Balaban J connectivity index is 2.31. The maximum atomic E-state index is 9.71. The van der Waals surface area contributed by atoms with Crippen LogP contribution in [0.1, 0.15) is 0 Å². The van der Waals surface area contributed by atoms with Crippen molar-refractivity contribution in [1.82, 2.24) is 0 Å². The van der Waals surface area contributed by atoms with E-state index in [0.717, 1.165) is 14.5 Å². The molecule has 0 aliphatic heterocycles. The minimum Gasteiger partial charge on any atom is -0.507 e. The molecule has 2 heterocycles. The van der Waals surface area contributed by atoms with Crippen LogP contribution in [0.15, 0.2) is 35.7 Å². The van der Waals surface area contributed by atoms with Crippen molar-refractivity contribution in [2.45, 2.75) is 0 Å². The van der Waals surface area contributed by atoms with Crippen LogP contribution in [-0.4, -0.2) is 10.2 Å². The Morgan fingerprint density at radius 2 is 1.75 bits per heavy atom. The molecule has 0 radical (unpaired) electrons. The van der Waals surface area contributed by atoms with Crippen molar-refractivity contribution in [3.05, 3.63) is 35.7 Å². The third kappa shape index (κ3) is 1.38. The average molecular weight is 248 g/mol. The molecule has 2 nitrogen and oxygen atoms in total. The van der Waals surface area contributed by atoms with Crippen LogP contribution in [0.5, 0.6) is 11.5 Å². The van der Waals surface area contributed by atoms with Gasteiger partial charge in [-0.1, -0.05) is 6.07 Å². The molecule has 3 aromatic rings. The first-order valence-corrected chi connectivity index (χ1v) is 6.43. The van der Waals surface area contributed by atoms with Crippen molar-refractivity contribution < 1.29 is 10.2 Å². The summed E-state index contributed by atoms with van der Waals surface area (Å²) in [5.74, 6) is 0.437. The molecule has 0 fully saturated rings. The number of rotatable bonds is 1. The molecule has 0 aliphatic carbocycles. The second-order valence-electron chi connectivity index (χ2n) is 3.43. The van der Waals surface area contributed by atoms with Gasteiger partial charge in [0.05, 0.1) is 4.70 Å². The smallest absolute Gasteiger partial charge is 0.133 e. The van der Waals surface area contributed by atoms with Gasteiger partial charge in [-0.05, 0) is 29.6 Å². The zero-order valence-corrected chi connectivity index (χ0v) is 9.81. The molecule has 0 saturated carbocycles. The third-order valence-electron chi connectivity index (χ3n) is 2.40. The summed E-state index contributed by atoms with van der Waals surface area (Å²) in [6, 6.07) is 8.98. The topological polar surface area (TPSA) is 40.5 Å². The Bertz CT molecular complexity index is 599. The predicted octanol–water partition coefficient (Wildman–Crippen LogP) is 4.04. The van der Waals surface area contributed by atoms with Gasteiger partial charge in [0, 0.05) is 15.1 Å². The van der Waals surface area contributed by atoms with Gasteiger partial charge in [0.1, 0.15) is 11.5 Å². The van der Waals surface area contributed by atoms with Crippen LogP contribution in [0.2, 0.25) is 0 Å². The molecule has 0 amide bonds. The first kappa shape index (κ1) is 9.69. The highest BCUT2D eigenvalue weighted by atomic mass is 32.1. The predicted molar refractivity (Wildman–Crippen MR) is 68.5 cm³/mol. The Hall–Kier alpha value is -1.52. The molecule has 0 aliphatic rings. The van der Waals surface area contributed by atoms with Gasteiger partial charge in [-0.15, -0.1) is 22.7 Å². The fourth-order valence-electron chi connectivity index (χ4n) is 1.64. The van der Waals surface area contributed by atoms with Crippen LogP contribution in [0.4, 0.5) is 0 Å². The first-order chi connectivity index (χ1) is 7.75. The quantitative estimate of drug-likeness (QED) is 0.638. The SMILES string of the molecule is Oc1ccc(O)c2sc(-c3cccs3)cc12. The number of hydrogen-bond acceptors (Lipinski definition) is 4. The van der Waals surface area contributed by atoms with Crippen molar-refractivity contribution in [1.29, 1.82) is 0 Å². The highest BCUT2D eigenvalue weighted by Crippen LogP contribution is 2.42. The summed E-state index contributed by atoms with van der Waals surface area (Å²) in [4.78, 5) is 2.22. The van der Waals surface area contributed by atoms with Gasteiger partial charge in [0.25, 0.3) is 0 Å². The zero-order chi connectivity index (χ0) is 11.1. The van der Waals surface area contributed by atoms with Gasteiger partial charge in [0.15, 0.2) is 0 Å². The van der Waals surface area contributed by atoms with Gasteiger partial charge in [-0.2, -0.15) is 0 Å². The van der Waals surface area contributed by atoms with E-state index in [4.69, 9.17) is 0 Å². The normalized spacial score (nSPS) is 11.0. The Labute approximate surface area is 100 Å². The molecule has 0 saturated heterocycles. The monoisotopic (exact) mass is 248 g/mol. The Kier molecular flexibility index (Phi) is 2.12. The number of thiophene rings is 2. The van der Waals surface area contributed by atoms with E-state index in [1.165, 1.54) is 23.5 Å². The number of benzene rings is 1. The molecule has 3 rings (SSSR count). The molecule has 1 aromatic carbocycles. The molecule has 16 heavy (non-hydrogen) atoms.